The minimum atomic E-state index is 0. The van der Waals surface area contributed by atoms with Gasteiger partial charge in [0.15, 0.2) is 0 Å². The number of amidine groups is 2. The van der Waals surface area contributed by atoms with Gasteiger partial charge in [0.1, 0.15) is 23.3 Å². The van der Waals surface area contributed by atoms with E-state index >= 15 is 0 Å². The lowest BCUT2D eigenvalue weighted by atomic mass is 10.1. The molecule has 0 saturated heterocycles. The number of hydrogen-bond acceptors (Lipinski definition) is 4. The second kappa shape index (κ2) is 29.8. The third kappa shape index (κ3) is 17.1. The highest BCUT2D eigenvalue weighted by atomic mass is 35.5. The van der Waals surface area contributed by atoms with Crippen LogP contribution in [0.2, 0.25) is 0 Å². The molecule has 322 valence electrons. The zero-order valence-electron chi connectivity index (χ0n) is 34.9. The minimum absolute atomic E-state index is 0. The largest absolute Gasteiger partial charge is 0.370 e. The van der Waals surface area contributed by atoms with E-state index in [0.717, 1.165) is 81.9 Å². The first-order valence-electron chi connectivity index (χ1n) is 21.3. The molecule has 0 bridgehead atoms. The van der Waals surface area contributed by atoms with Crippen LogP contribution in [0.15, 0.2) is 60.7 Å². The lowest BCUT2D eigenvalue weighted by molar-refractivity contribution is 0.555. The molecule has 0 amide bonds. The number of imidazole rings is 2. The van der Waals surface area contributed by atoms with Crippen molar-refractivity contribution in [1.82, 2.24) is 30.6 Å². The van der Waals surface area contributed by atoms with Crippen LogP contribution >= 0.6 is 49.6 Å². The molecule has 3 aromatic carbocycles. The standard InChI is InChI=1S/C46H66N8.4ClH/c1-3-5-7-9-11-13-15-17-19-21-31-49-43(47)37-27-29-39-41(33-37)53-45(51-39)35-23-25-36(26-24-35)46-52-40-30-28-38(34-42(40)54-46)44(48)50-32-22-20-18-16-14-12-10-8-6-4-2;;;;/h23-30,33-34H,3-22,31-32H2,1-2H3,(H2,47,49)(H2,48,50)(H,51,53)(H,52,54);4*1H. The topological polar surface area (TPSA) is 129 Å². The first-order chi connectivity index (χ1) is 26.6. The van der Waals surface area contributed by atoms with E-state index in [1.165, 1.54) is 116 Å². The molecular formula is C46H70Cl4N8. The average Bonchev–Trinajstić information content (AvgIpc) is 3.83. The number of aromatic amines is 2. The molecule has 0 atom stereocenters. The summed E-state index contributed by atoms with van der Waals surface area (Å²) in [6.07, 6.45) is 26.3. The first-order valence-corrected chi connectivity index (χ1v) is 21.3. The van der Waals surface area contributed by atoms with Gasteiger partial charge in [-0.3, -0.25) is 10.8 Å². The zero-order chi connectivity index (χ0) is 37.8. The zero-order valence-corrected chi connectivity index (χ0v) is 38.1. The molecule has 0 radical (unpaired) electrons. The molecule has 0 saturated carbocycles. The fourth-order valence-corrected chi connectivity index (χ4v) is 7.24. The van der Waals surface area contributed by atoms with E-state index in [-0.39, 0.29) is 49.6 Å². The minimum Gasteiger partial charge on any atom is -0.370 e. The van der Waals surface area contributed by atoms with Crippen LogP contribution in [0.1, 0.15) is 153 Å². The number of nitrogens with zero attached hydrogens (tertiary/aromatic N) is 2. The van der Waals surface area contributed by atoms with Gasteiger partial charge < -0.3 is 20.6 Å². The molecule has 0 aliphatic rings. The van der Waals surface area contributed by atoms with Gasteiger partial charge in [0.05, 0.1) is 22.1 Å². The molecule has 0 spiro atoms. The van der Waals surface area contributed by atoms with Crippen molar-refractivity contribution in [2.45, 2.75) is 142 Å². The summed E-state index contributed by atoms with van der Waals surface area (Å²) in [7, 11) is 0. The third-order valence-corrected chi connectivity index (χ3v) is 10.6. The summed E-state index contributed by atoms with van der Waals surface area (Å²) in [5.41, 5.74) is 7.32. The maximum atomic E-state index is 8.58. The Kier molecular flexibility index (Phi) is 27.1. The fourth-order valence-electron chi connectivity index (χ4n) is 7.24. The Morgan fingerprint density at radius 3 is 1.09 bits per heavy atom. The normalized spacial score (nSPS) is 10.7. The van der Waals surface area contributed by atoms with Gasteiger partial charge in [-0.2, -0.15) is 0 Å². The first kappa shape index (κ1) is 52.7. The lowest BCUT2D eigenvalue weighted by Crippen LogP contribution is -2.24. The smallest absolute Gasteiger partial charge is 0.138 e. The van der Waals surface area contributed by atoms with Gasteiger partial charge in [0.2, 0.25) is 0 Å². The van der Waals surface area contributed by atoms with Crippen LogP contribution in [-0.4, -0.2) is 44.7 Å². The number of benzene rings is 3. The number of halogens is 4. The van der Waals surface area contributed by atoms with Crippen LogP contribution in [-0.2, 0) is 0 Å². The predicted molar refractivity (Wildman–Crippen MR) is 259 cm³/mol. The van der Waals surface area contributed by atoms with Gasteiger partial charge in [-0.1, -0.05) is 154 Å². The van der Waals surface area contributed by atoms with E-state index in [9.17, 15) is 0 Å². The van der Waals surface area contributed by atoms with E-state index in [2.05, 4.69) is 58.7 Å². The van der Waals surface area contributed by atoms with Gasteiger partial charge in [0.25, 0.3) is 0 Å². The molecule has 5 rings (SSSR count). The number of hydrogen-bond donors (Lipinski definition) is 6. The Morgan fingerprint density at radius 1 is 0.448 bits per heavy atom. The third-order valence-electron chi connectivity index (χ3n) is 10.6. The Bertz CT molecular complexity index is 1740. The van der Waals surface area contributed by atoms with Gasteiger partial charge in [-0.15, -0.1) is 49.6 Å². The summed E-state index contributed by atoms with van der Waals surface area (Å²) in [5, 5.41) is 23.8. The monoisotopic (exact) mass is 874 g/mol. The molecule has 6 N–H and O–H groups in total. The van der Waals surface area contributed by atoms with E-state index in [1.54, 1.807) is 0 Å². The SMILES string of the molecule is CCCCCCCCCCCCNC(=N)c1ccc2[nH]c(-c3ccc(-c4nc5cc(C(=N)NCCCCCCCCCCCC)ccc5[nH]4)cc3)nc2c1.Cl.Cl.Cl.Cl. The van der Waals surface area contributed by atoms with E-state index in [4.69, 9.17) is 20.8 Å². The van der Waals surface area contributed by atoms with Crippen molar-refractivity contribution in [2.75, 3.05) is 13.1 Å². The molecule has 0 aliphatic heterocycles. The maximum absolute atomic E-state index is 8.58. The van der Waals surface area contributed by atoms with Crippen molar-refractivity contribution in [3.8, 4) is 22.8 Å². The van der Waals surface area contributed by atoms with E-state index < -0.39 is 0 Å². The highest BCUT2D eigenvalue weighted by molar-refractivity contribution is 6.00. The maximum Gasteiger partial charge on any atom is 0.138 e. The van der Waals surface area contributed by atoms with Crippen molar-refractivity contribution in [3.63, 3.8) is 0 Å². The van der Waals surface area contributed by atoms with Crippen LogP contribution in [0.3, 0.4) is 0 Å². The van der Waals surface area contributed by atoms with Crippen molar-refractivity contribution < 1.29 is 0 Å². The summed E-state index contributed by atoms with van der Waals surface area (Å²) in [6, 6.07) is 20.3. The molecule has 58 heavy (non-hydrogen) atoms. The highest BCUT2D eigenvalue weighted by Crippen LogP contribution is 2.26. The van der Waals surface area contributed by atoms with E-state index in [0.29, 0.717) is 11.7 Å². The van der Waals surface area contributed by atoms with Gasteiger partial charge >= 0.3 is 0 Å². The predicted octanol–water partition coefficient (Wildman–Crippen LogP) is 14.1. The fraction of sp³-hybridized carbons (Fsp3) is 0.522. The number of nitrogens with one attached hydrogen (secondary N) is 6. The van der Waals surface area contributed by atoms with Crippen molar-refractivity contribution >= 4 is 83.4 Å². The average molecular weight is 877 g/mol. The molecule has 2 heterocycles. The van der Waals surface area contributed by atoms with Crippen LogP contribution in [0, 0.1) is 10.8 Å². The number of fused-ring (bicyclic) bond motifs is 2. The number of aromatic nitrogens is 4. The van der Waals surface area contributed by atoms with Crippen LogP contribution in [0.4, 0.5) is 0 Å². The Morgan fingerprint density at radius 2 is 0.759 bits per heavy atom. The van der Waals surface area contributed by atoms with Crippen molar-refractivity contribution in [3.05, 3.63) is 71.8 Å². The second-order valence-corrected chi connectivity index (χ2v) is 15.2. The van der Waals surface area contributed by atoms with Crippen molar-refractivity contribution in [2.24, 2.45) is 0 Å². The molecule has 5 aromatic rings. The van der Waals surface area contributed by atoms with Crippen LogP contribution < -0.4 is 10.6 Å². The summed E-state index contributed by atoms with van der Waals surface area (Å²) in [4.78, 5) is 16.7. The van der Waals surface area contributed by atoms with Crippen LogP contribution in [0.5, 0.6) is 0 Å². The molecule has 0 fully saturated rings. The molecular weight excluding hydrogens is 806 g/mol. The molecule has 2 aromatic heterocycles. The molecule has 0 aliphatic carbocycles. The molecule has 12 heteroatoms. The van der Waals surface area contributed by atoms with Gasteiger partial charge in [0, 0.05) is 35.3 Å². The van der Waals surface area contributed by atoms with E-state index in [1.807, 2.05) is 36.4 Å². The number of H-pyrrole nitrogens is 2. The van der Waals surface area contributed by atoms with Crippen molar-refractivity contribution in [1.29, 1.82) is 10.8 Å². The van der Waals surface area contributed by atoms with Gasteiger partial charge in [-0.05, 0) is 49.2 Å². The van der Waals surface area contributed by atoms with Gasteiger partial charge in [-0.25, -0.2) is 9.97 Å². The Balaban J connectivity index is 0.00000420. The highest BCUT2D eigenvalue weighted by Gasteiger charge is 2.12. The molecule has 8 nitrogen and oxygen atoms in total. The molecule has 0 unspecified atom stereocenters. The summed E-state index contributed by atoms with van der Waals surface area (Å²) >= 11 is 0. The Labute approximate surface area is 372 Å². The number of unbranched alkanes of at least 4 members (excludes halogenated alkanes) is 18. The lowest BCUT2D eigenvalue weighted by Gasteiger charge is -2.08. The Hall–Kier alpha value is -3.30. The van der Waals surface area contributed by atoms with Crippen LogP contribution in [0.25, 0.3) is 44.8 Å². The number of rotatable bonds is 26. The summed E-state index contributed by atoms with van der Waals surface area (Å²) in [5.74, 6) is 2.52. The quantitative estimate of drug-likeness (QED) is 0.0188. The summed E-state index contributed by atoms with van der Waals surface area (Å²) in [6.45, 7) is 6.20. The summed E-state index contributed by atoms with van der Waals surface area (Å²) < 4.78 is 0. The second-order valence-electron chi connectivity index (χ2n) is 15.2.